The summed E-state index contributed by atoms with van der Waals surface area (Å²) in [5.74, 6) is 0. The summed E-state index contributed by atoms with van der Waals surface area (Å²) in [5.41, 5.74) is 9.54. The molecule has 0 atom stereocenters. The van der Waals surface area contributed by atoms with Crippen LogP contribution in [0.2, 0.25) is 5.02 Å². The highest BCUT2D eigenvalue weighted by Crippen LogP contribution is 2.29. The van der Waals surface area contributed by atoms with Crippen molar-refractivity contribution in [2.45, 2.75) is 6.92 Å². The third kappa shape index (κ3) is 2.93. The maximum atomic E-state index is 5.96. The van der Waals surface area contributed by atoms with Crippen LogP contribution in [-0.4, -0.2) is 0 Å². The number of rotatable bonds is 2. The van der Waals surface area contributed by atoms with Gasteiger partial charge in [0.1, 0.15) is 0 Å². The molecule has 0 aliphatic heterocycles. The van der Waals surface area contributed by atoms with E-state index in [-0.39, 0.29) is 0 Å². The summed E-state index contributed by atoms with van der Waals surface area (Å²) in [6.07, 6.45) is 0. The first-order chi connectivity index (χ1) is 8.06. The van der Waals surface area contributed by atoms with Gasteiger partial charge in [0.25, 0.3) is 0 Å². The molecule has 0 saturated carbocycles. The van der Waals surface area contributed by atoms with E-state index in [1.807, 2.05) is 43.3 Å². The number of nitrogens with one attached hydrogen (secondary N) is 1. The molecule has 2 nitrogen and oxygen atoms in total. The first kappa shape index (κ1) is 12.3. The minimum atomic E-state index is 0.697. The highest BCUT2D eigenvalue weighted by molar-refractivity contribution is 9.10. The zero-order chi connectivity index (χ0) is 12.4. The van der Waals surface area contributed by atoms with E-state index in [4.69, 9.17) is 17.3 Å². The van der Waals surface area contributed by atoms with Gasteiger partial charge in [-0.1, -0.05) is 11.6 Å². The van der Waals surface area contributed by atoms with Crippen LogP contribution in [0, 0.1) is 6.92 Å². The van der Waals surface area contributed by atoms with E-state index in [1.165, 1.54) is 0 Å². The van der Waals surface area contributed by atoms with Crippen LogP contribution < -0.4 is 11.1 Å². The molecule has 0 bridgehead atoms. The van der Waals surface area contributed by atoms with Crippen LogP contribution in [0.3, 0.4) is 0 Å². The van der Waals surface area contributed by atoms with Crippen molar-refractivity contribution in [2.24, 2.45) is 0 Å². The lowest BCUT2D eigenvalue weighted by atomic mass is 10.2. The van der Waals surface area contributed by atoms with Gasteiger partial charge in [0, 0.05) is 20.9 Å². The topological polar surface area (TPSA) is 38.0 Å². The van der Waals surface area contributed by atoms with E-state index in [1.54, 1.807) is 0 Å². The molecule has 0 aliphatic rings. The van der Waals surface area contributed by atoms with E-state index >= 15 is 0 Å². The zero-order valence-corrected chi connectivity index (χ0v) is 11.6. The zero-order valence-electron chi connectivity index (χ0n) is 9.30. The maximum Gasteiger partial charge on any atom is 0.0543 e. The Labute approximate surface area is 114 Å². The SMILES string of the molecule is Cc1cc(Nc2cc(Cl)ccc2Br)ccc1N. The summed E-state index contributed by atoms with van der Waals surface area (Å²) >= 11 is 9.43. The molecular weight excluding hydrogens is 300 g/mol. The number of benzene rings is 2. The van der Waals surface area contributed by atoms with Crippen molar-refractivity contribution < 1.29 is 0 Å². The molecule has 0 heterocycles. The summed E-state index contributed by atoms with van der Waals surface area (Å²) < 4.78 is 0.969. The third-order valence-electron chi connectivity index (χ3n) is 2.48. The second-order valence-electron chi connectivity index (χ2n) is 3.82. The molecule has 2 aromatic carbocycles. The predicted molar refractivity (Wildman–Crippen MR) is 78.0 cm³/mol. The van der Waals surface area contributed by atoms with Gasteiger partial charge in [-0.15, -0.1) is 0 Å². The Balaban J connectivity index is 2.31. The largest absolute Gasteiger partial charge is 0.399 e. The molecule has 0 spiro atoms. The maximum absolute atomic E-state index is 5.96. The molecule has 0 aliphatic carbocycles. The second kappa shape index (κ2) is 4.98. The van der Waals surface area contributed by atoms with E-state index in [0.29, 0.717) is 5.02 Å². The van der Waals surface area contributed by atoms with Crippen LogP contribution in [-0.2, 0) is 0 Å². The molecular formula is C13H12BrClN2. The molecule has 4 heteroatoms. The average Bonchev–Trinajstić information content (AvgIpc) is 2.29. The normalized spacial score (nSPS) is 10.3. The molecule has 2 aromatic rings. The van der Waals surface area contributed by atoms with Gasteiger partial charge in [0.15, 0.2) is 0 Å². The molecule has 17 heavy (non-hydrogen) atoms. The Morgan fingerprint density at radius 1 is 1.18 bits per heavy atom. The summed E-state index contributed by atoms with van der Waals surface area (Å²) in [7, 11) is 0. The standard InChI is InChI=1S/C13H12BrClN2/c1-8-6-10(3-5-12(8)16)17-13-7-9(15)2-4-11(13)14/h2-7,17H,16H2,1H3. The average molecular weight is 312 g/mol. The lowest BCUT2D eigenvalue weighted by Gasteiger charge is -2.10. The van der Waals surface area contributed by atoms with Gasteiger partial charge in [0.2, 0.25) is 0 Å². The molecule has 88 valence electrons. The van der Waals surface area contributed by atoms with Crippen molar-refractivity contribution in [2.75, 3.05) is 11.1 Å². The Morgan fingerprint density at radius 3 is 2.65 bits per heavy atom. The fourth-order valence-electron chi connectivity index (χ4n) is 1.50. The number of anilines is 3. The van der Waals surface area contributed by atoms with Crippen molar-refractivity contribution in [1.29, 1.82) is 0 Å². The van der Waals surface area contributed by atoms with Gasteiger partial charge in [-0.2, -0.15) is 0 Å². The van der Waals surface area contributed by atoms with E-state index in [0.717, 1.165) is 27.1 Å². The minimum absolute atomic E-state index is 0.697. The lowest BCUT2D eigenvalue weighted by molar-refractivity contribution is 1.44. The molecule has 0 radical (unpaired) electrons. The van der Waals surface area contributed by atoms with Gasteiger partial charge >= 0.3 is 0 Å². The Morgan fingerprint density at radius 2 is 1.94 bits per heavy atom. The summed E-state index contributed by atoms with van der Waals surface area (Å²) in [5, 5.41) is 3.99. The monoisotopic (exact) mass is 310 g/mol. The molecule has 0 saturated heterocycles. The van der Waals surface area contributed by atoms with Gasteiger partial charge in [-0.3, -0.25) is 0 Å². The number of nitrogens with two attached hydrogens (primary N) is 1. The van der Waals surface area contributed by atoms with Crippen molar-refractivity contribution in [3.63, 3.8) is 0 Å². The fraction of sp³-hybridized carbons (Fsp3) is 0.0769. The minimum Gasteiger partial charge on any atom is -0.399 e. The van der Waals surface area contributed by atoms with Crippen LogP contribution in [0.15, 0.2) is 40.9 Å². The Hall–Kier alpha value is -1.19. The Kier molecular flexibility index (Phi) is 3.60. The van der Waals surface area contributed by atoms with E-state index in [2.05, 4.69) is 21.2 Å². The first-order valence-corrected chi connectivity index (χ1v) is 6.31. The predicted octanol–water partition coefficient (Wildman–Crippen LogP) is 4.74. The number of hydrogen-bond acceptors (Lipinski definition) is 2. The van der Waals surface area contributed by atoms with Crippen molar-refractivity contribution in [3.05, 3.63) is 51.5 Å². The number of aryl methyl sites for hydroxylation is 1. The highest BCUT2D eigenvalue weighted by Gasteiger charge is 2.02. The Bertz CT molecular complexity index is 555. The van der Waals surface area contributed by atoms with Gasteiger partial charge in [-0.05, 0) is 64.8 Å². The quantitative estimate of drug-likeness (QED) is 0.786. The molecule has 3 N–H and O–H groups in total. The van der Waals surface area contributed by atoms with Crippen LogP contribution in [0.4, 0.5) is 17.1 Å². The van der Waals surface area contributed by atoms with Crippen LogP contribution in [0.5, 0.6) is 0 Å². The van der Waals surface area contributed by atoms with Crippen LogP contribution in [0.1, 0.15) is 5.56 Å². The summed E-state index contributed by atoms with van der Waals surface area (Å²) in [6.45, 7) is 1.98. The third-order valence-corrected chi connectivity index (χ3v) is 3.40. The lowest BCUT2D eigenvalue weighted by Crippen LogP contribution is -1.94. The number of halogens is 2. The van der Waals surface area contributed by atoms with Gasteiger partial charge < -0.3 is 11.1 Å². The molecule has 2 rings (SSSR count). The second-order valence-corrected chi connectivity index (χ2v) is 5.11. The van der Waals surface area contributed by atoms with E-state index in [9.17, 15) is 0 Å². The van der Waals surface area contributed by atoms with Crippen molar-refractivity contribution in [1.82, 2.24) is 0 Å². The fourth-order valence-corrected chi connectivity index (χ4v) is 2.02. The summed E-state index contributed by atoms with van der Waals surface area (Å²) in [6, 6.07) is 11.5. The number of hydrogen-bond donors (Lipinski definition) is 2. The van der Waals surface area contributed by atoms with Crippen LogP contribution in [0.25, 0.3) is 0 Å². The molecule has 0 amide bonds. The summed E-state index contributed by atoms with van der Waals surface area (Å²) in [4.78, 5) is 0. The highest BCUT2D eigenvalue weighted by atomic mass is 79.9. The first-order valence-electron chi connectivity index (χ1n) is 5.14. The van der Waals surface area contributed by atoms with Gasteiger partial charge in [-0.25, -0.2) is 0 Å². The van der Waals surface area contributed by atoms with Gasteiger partial charge in [0.05, 0.1) is 5.69 Å². The smallest absolute Gasteiger partial charge is 0.0543 e. The molecule has 0 aromatic heterocycles. The van der Waals surface area contributed by atoms with Crippen molar-refractivity contribution >= 4 is 44.6 Å². The molecule has 0 fully saturated rings. The van der Waals surface area contributed by atoms with Crippen molar-refractivity contribution in [3.8, 4) is 0 Å². The van der Waals surface area contributed by atoms with E-state index < -0.39 is 0 Å². The number of nitrogen functional groups attached to an aromatic ring is 1. The molecule has 0 unspecified atom stereocenters. The van der Waals surface area contributed by atoms with Crippen LogP contribution >= 0.6 is 27.5 Å².